The average Bonchev–Trinajstić information content (AvgIpc) is 2.85. The van der Waals surface area contributed by atoms with Crippen molar-refractivity contribution < 1.29 is 4.92 Å². The number of nitrogens with one attached hydrogen (secondary N) is 1. The molecule has 1 aliphatic rings. The van der Waals surface area contributed by atoms with Gasteiger partial charge in [-0.05, 0) is 31.2 Å². The maximum absolute atomic E-state index is 11.3. The second-order valence-corrected chi connectivity index (χ2v) is 7.17. The van der Waals surface area contributed by atoms with Gasteiger partial charge in [0.15, 0.2) is 5.52 Å². The van der Waals surface area contributed by atoms with Crippen LogP contribution in [-0.4, -0.2) is 27.5 Å². The smallest absolute Gasteiger partial charge is 0.319 e. The fourth-order valence-corrected chi connectivity index (χ4v) is 4.12. The number of rotatable bonds is 5. The van der Waals surface area contributed by atoms with E-state index in [1.165, 1.54) is 30.6 Å². The molecule has 0 amide bonds. The van der Waals surface area contributed by atoms with Crippen LogP contribution >= 0.6 is 23.1 Å². The summed E-state index contributed by atoms with van der Waals surface area (Å²) in [5.74, 6) is 0. The predicted octanol–water partition coefficient (Wildman–Crippen LogP) is 3.90. The number of thiazole rings is 1. The Hall–Kier alpha value is -1.34. The SMILES string of the molecule is CSC1(CNc2ccc3scnc3c2[N+](=O)[O-])CCC1. The highest BCUT2D eigenvalue weighted by Crippen LogP contribution is 2.43. The quantitative estimate of drug-likeness (QED) is 0.670. The zero-order valence-corrected chi connectivity index (χ0v) is 12.7. The van der Waals surface area contributed by atoms with Gasteiger partial charge in [-0.1, -0.05) is 6.42 Å². The van der Waals surface area contributed by atoms with Gasteiger partial charge in [-0.2, -0.15) is 11.8 Å². The summed E-state index contributed by atoms with van der Waals surface area (Å²) in [6.45, 7) is 0.769. The van der Waals surface area contributed by atoms with E-state index in [0.29, 0.717) is 11.2 Å². The van der Waals surface area contributed by atoms with E-state index in [0.717, 1.165) is 11.2 Å². The summed E-state index contributed by atoms with van der Waals surface area (Å²) < 4.78 is 1.09. The van der Waals surface area contributed by atoms with Crippen molar-refractivity contribution in [3.63, 3.8) is 0 Å². The third-order valence-corrected chi connectivity index (χ3v) is 6.17. The molecular formula is C13H15N3O2S2. The Morgan fingerprint density at radius 2 is 2.35 bits per heavy atom. The number of fused-ring (bicyclic) bond motifs is 1. The normalized spacial score (nSPS) is 16.9. The van der Waals surface area contributed by atoms with Gasteiger partial charge in [0.25, 0.3) is 0 Å². The first-order chi connectivity index (χ1) is 9.65. The fraction of sp³-hybridized carbons (Fsp3) is 0.462. The zero-order chi connectivity index (χ0) is 14.2. The molecule has 0 saturated heterocycles. The van der Waals surface area contributed by atoms with Gasteiger partial charge in [-0.3, -0.25) is 10.1 Å². The van der Waals surface area contributed by atoms with Crippen molar-refractivity contribution in [3.05, 3.63) is 27.8 Å². The third kappa shape index (κ3) is 2.25. The molecule has 0 bridgehead atoms. The molecule has 20 heavy (non-hydrogen) atoms. The molecule has 0 atom stereocenters. The van der Waals surface area contributed by atoms with E-state index in [2.05, 4.69) is 16.6 Å². The maximum Gasteiger partial charge on any atom is 0.319 e. The van der Waals surface area contributed by atoms with E-state index in [-0.39, 0.29) is 15.4 Å². The number of nitrogens with zero attached hydrogens (tertiary/aromatic N) is 2. The number of aromatic nitrogens is 1. The number of hydrogen-bond acceptors (Lipinski definition) is 6. The average molecular weight is 309 g/mol. The van der Waals surface area contributed by atoms with Crippen molar-refractivity contribution in [3.8, 4) is 0 Å². The van der Waals surface area contributed by atoms with Gasteiger partial charge in [0, 0.05) is 11.3 Å². The van der Waals surface area contributed by atoms with Crippen LogP contribution < -0.4 is 5.32 Å². The molecule has 5 nitrogen and oxygen atoms in total. The van der Waals surface area contributed by atoms with Crippen molar-refractivity contribution >= 4 is 44.7 Å². The van der Waals surface area contributed by atoms with E-state index in [9.17, 15) is 10.1 Å². The molecule has 1 aromatic carbocycles. The Morgan fingerprint density at radius 3 is 2.95 bits per heavy atom. The van der Waals surface area contributed by atoms with Crippen LogP contribution in [0.25, 0.3) is 10.2 Å². The molecule has 1 aliphatic carbocycles. The van der Waals surface area contributed by atoms with Gasteiger partial charge >= 0.3 is 5.69 Å². The molecule has 0 radical (unpaired) electrons. The minimum atomic E-state index is -0.336. The molecular weight excluding hydrogens is 294 g/mol. The lowest BCUT2D eigenvalue weighted by Gasteiger charge is -2.40. The fourth-order valence-electron chi connectivity index (χ4n) is 2.52. The van der Waals surface area contributed by atoms with E-state index >= 15 is 0 Å². The summed E-state index contributed by atoms with van der Waals surface area (Å²) in [6, 6.07) is 3.69. The van der Waals surface area contributed by atoms with Gasteiger partial charge in [0.05, 0.1) is 15.1 Å². The highest BCUT2D eigenvalue weighted by atomic mass is 32.2. The van der Waals surface area contributed by atoms with Crippen molar-refractivity contribution in [2.45, 2.75) is 24.0 Å². The summed E-state index contributed by atoms with van der Waals surface area (Å²) in [7, 11) is 0. The monoisotopic (exact) mass is 309 g/mol. The van der Waals surface area contributed by atoms with Crippen LogP contribution in [0.4, 0.5) is 11.4 Å². The number of thioether (sulfide) groups is 1. The predicted molar refractivity (Wildman–Crippen MR) is 84.9 cm³/mol. The minimum Gasteiger partial charge on any atom is -0.378 e. The Bertz CT molecular complexity index is 647. The van der Waals surface area contributed by atoms with Crippen molar-refractivity contribution in [2.75, 3.05) is 18.1 Å². The zero-order valence-electron chi connectivity index (χ0n) is 11.1. The van der Waals surface area contributed by atoms with Crippen LogP contribution in [0, 0.1) is 10.1 Å². The lowest BCUT2D eigenvalue weighted by atomic mass is 9.84. The lowest BCUT2D eigenvalue weighted by molar-refractivity contribution is -0.382. The second kappa shape index (κ2) is 5.21. The molecule has 0 spiro atoms. The first kappa shape index (κ1) is 13.6. The van der Waals surface area contributed by atoms with E-state index in [1.54, 1.807) is 11.6 Å². The maximum atomic E-state index is 11.3. The summed E-state index contributed by atoms with van der Waals surface area (Å²) >= 11 is 3.28. The van der Waals surface area contributed by atoms with Crippen LogP contribution in [0.15, 0.2) is 17.6 Å². The molecule has 1 heterocycles. The van der Waals surface area contributed by atoms with Crippen LogP contribution in [0.2, 0.25) is 0 Å². The van der Waals surface area contributed by atoms with E-state index < -0.39 is 0 Å². The number of nitro benzene ring substituents is 1. The molecule has 1 aromatic heterocycles. The molecule has 1 saturated carbocycles. The lowest BCUT2D eigenvalue weighted by Crippen LogP contribution is -2.40. The Morgan fingerprint density at radius 1 is 1.55 bits per heavy atom. The van der Waals surface area contributed by atoms with Crippen LogP contribution in [0.3, 0.4) is 0 Å². The van der Waals surface area contributed by atoms with Crippen molar-refractivity contribution in [2.24, 2.45) is 0 Å². The standard InChI is InChI=1S/C13H15N3O2S2/c1-19-13(5-2-6-13)7-14-9-3-4-10-11(15-8-20-10)12(9)16(17)18/h3-4,8,14H,2,5-7H2,1H3. The molecule has 1 fully saturated rings. The van der Waals surface area contributed by atoms with Gasteiger partial charge in [0.2, 0.25) is 0 Å². The van der Waals surface area contributed by atoms with E-state index in [1.807, 2.05) is 17.8 Å². The van der Waals surface area contributed by atoms with Gasteiger partial charge in [-0.15, -0.1) is 11.3 Å². The molecule has 0 aliphatic heterocycles. The first-order valence-electron chi connectivity index (χ1n) is 6.45. The molecule has 1 N–H and O–H groups in total. The minimum absolute atomic E-state index is 0.0966. The summed E-state index contributed by atoms with van der Waals surface area (Å²) in [5, 5.41) is 14.6. The van der Waals surface area contributed by atoms with Crippen LogP contribution in [0.1, 0.15) is 19.3 Å². The van der Waals surface area contributed by atoms with Gasteiger partial charge < -0.3 is 5.32 Å². The van der Waals surface area contributed by atoms with Crippen LogP contribution in [-0.2, 0) is 0 Å². The summed E-state index contributed by atoms with van der Waals surface area (Å²) in [5.41, 5.74) is 2.81. The molecule has 2 aromatic rings. The van der Waals surface area contributed by atoms with Gasteiger partial charge in [0.1, 0.15) is 5.69 Å². The largest absolute Gasteiger partial charge is 0.378 e. The van der Waals surface area contributed by atoms with Gasteiger partial charge in [-0.25, -0.2) is 4.98 Å². The number of benzene rings is 1. The van der Waals surface area contributed by atoms with E-state index in [4.69, 9.17) is 0 Å². The molecule has 3 rings (SSSR count). The van der Waals surface area contributed by atoms with Crippen molar-refractivity contribution in [1.29, 1.82) is 0 Å². The number of hydrogen-bond donors (Lipinski definition) is 1. The first-order valence-corrected chi connectivity index (χ1v) is 8.55. The number of anilines is 1. The molecule has 106 valence electrons. The summed E-state index contributed by atoms with van der Waals surface area (Å²) in [6.07, 6.45) is 5.70. The Labute approximate surface area is 124 Å². The Balaban J connectivity index is 1.90. The molecule has 0 unspecified atom stereocenters. The summed E-state index contributed by atoms with van der Waals surface area (Å²) in [4.78, 5) is 15.1. The Kier molecular flexibility index (Phi) is 3.55. The van der Waals surface area contributed by atoms with Crippen molar-refractivity contribution in [1.82, 2.24) is 4.98 Å². The number of nitro groups is 1. The highest BCUT2D eigenvalue weighted by Gasteiger charge is 2.36. The highest BCUT2D eigenvalue weighted by molar-refractivity contribution is 8.00. The molecule has 7 heteroatoms. The third-order valence-electron chi connectivity index (χ3n) is 3.96. The van der Waals surface area contributed by atoms with Crippen LogP contribution in [0.5, 0.6) is 0 Å². The topological polar surface area (TPSA) is 68.1 Å². The second-order valence-electron chi connectivity index (χ2n) is 5.01.